The minimum absolute atomic E-state index is 0.449. The third-order valence-corrected chi connectivity index (χ3v) is 3.99. The largest absolute Gasteiger partial charge is 0.330 e. The molecule has 0 aromatic carbocycles. The van der Waals surface area contributed by atoms with Crippen molar-refractivity contribution in [2.75, 3.05) is 6.54 Å². The van der Waals surface area contributed by atoms with E-state index in [0.29, 0.717) is 5.41 Å². The van der Waals surface area contributed by atoms with Gasteiger partial charge in [-0.25, -0.2) is 0 Å². The van der Waals surface area contributed by atoms with E-state index in [4.69, 9.17) is 5.73 Å². The third kappa shape index (κ3) is 6.19. The Labute approximate surface area is 96.8 Å². The van der Waals surface area contributed by atoms with Crippen LogP contribution in [-0.2, 0) is 0 Å². The number of nitrogens with two attached hydrogens (primary N) is 1. The van der Waals surface area contributed by atoms with Gasteiger partial charge in [0.05, 0.1) is 0 Å². The number of rotatable bonds is 10. The summed E-state index contributed by atoms with van der Waals surface area (Å²) in [6.07, 6.45) is 12.2. The standard InChI is InChI=1S/C14H31N/c1-4-7-8-9-10-11-12-14(5-2,6-3)13-15/h4-13,15H2,1-3H3. The van der Waals surface area contributed by atoms with E-state index in [1.165, 1.54) is 57.8 Å². The fourth-order valence-electron chi connectivity index (χ4n) is 2.27. The van der Waals surface area contributed by atoms with Crippen molar-refractivity contribution in [2.24, 2.45) is 11.1 Å². The van der Waals surface area contributed by atoms with E-state index in [-0.39, 0.29) is 0 Å². The summed E-state index contributed by atoms with van der Waals surface area (Å²) in [4.78, 5) is 0. The normalized spacial score (nSPS) is 12.0. The third-order valence-electron chi connectivity index (χ3n) is 3.99. The average molecular weight is 213 g/mol. The zero-order chi connectivity index (χ0) is 11.6. The molecule has 0 saturated heterocycles. The molecule has 0 amide bonds. The van der Waals surface area contributed by atoms with Gasteiger partial charge in [-0.3, -0.25) is 0 Å². The van der Waals surface area contributed by atoms with E-state index in [1.54, 1.807) is 0 Å². The molecule has 0 aromatic rings. The van der Waals surface area contributed by atoms with Crippen LogP contribution in [0.4, 0.5) is 0 Å². The van der Waals surface area contributed by atoms with Gasteiger partial charge in [0.2, 0.25) is 0 Å². The molecule has 1 heteroatoms. The molecule has 2 N–H and O–H groups in total. The van der Waals surface area contributed by atoms with Crippen molar-refractivity contribution in [3.05, 3.63) is 0 Å². The molecule has 0 aliphatic heterocycles. The summed E-state index contributed by atoms with van der Waals surface area (Å²) in [7, 11) is 0. The minimum Gasteiger partial charge on any atom is -0.330 e. The van der Waals surface area contributed by atoms with Crippen molar-refractivity contribution in [1.29, 1.82) is 0 Å². The molecule has 0 saturated carbocycles. The fraction of sp³-hybridized carbons (Fsp3) is 1.00. The van der Waals surface area contributed by atoms with Gasteiger partial charge in [0.25, 0.3) is 0 Å². The number of hydrogen-bond acceptors (Lipinski definition) is 1. The van der Waals surface area contributed by atoms with E-state index in [1.807, 2.05) is 0 Å². The maximum Gasteiger partial charge on any atom is -0.00207 e. The van der Waals surface area contributed by atoms with Crippen molar-refractivity contribution in [1.82, 2.24) is 0 Å². The van der Waals surface area contributed by atoms with E-state index < -0.39 is 0 Å². The molecule has 0 aliphatic rings. The van der Waals surface area contributed by atoms with Gasteiger partial charge in [-0.1, -0.05) is 59.3 Å². The second-order valence-corrected chi connectivity index (χ2v) is 4.93. The molecule has 92 valence electrons. The van der Waals surface area contributed by atoms with Crippen LogP contribution in [0.25, 0.3) is 0 Å². The lowest BCUT2D eigenvalue weighted by atomic mass is 9.78. The molecule has 15 heavy (non-hydrogen) atoms. The van der Waals surface area contributed by atoms with Gasteiger partial charge in [-0.2, -0.15) is 0 Å². The fourth-order valence-corrected chi connectivity index (χ4v) is 2.27. The van der Waals surface area contributed by atoms with Gasteiger partial charge in [0.1, 0.15) is 0 Å². The van der Waals surface area contributed by atoms with Crippen molar-refractivity contribution in [3.63, 3.8) is 0 Å². The Hall–Kier alpha value is -0.0400. The predicted molar refractivity (Wildman–Crippen MR) is 70.1 cm³/mol. The first kappa shape index (κ1) is 15.0. The molecular weight excluding hydrogens is 182 g/mol. The van der Waals surface area contributed by atoms with Crippen LogP contribution < -0.4 is 5.73 Å². The highest BCUT2D eigenvalue weighted by Gasteiger charge is 2.23. The van der Waals surface area contributed by atoms with Crippen molar-refractivity contribution in [3.8, 4) is 0 Å². The molecule has 0 fully saturated rings. The van der Waals surface area contributed by atoms with Gasteiger partial charge < -0.3 is 5.73 Å². The molecule has 0 unspecified atom stereocenters. The van der Waals surface area contributed by atoms with Crippen LogP contribution in [0.1, 0.15) is 78.6 Å². The highest BCUT2D eigenvalue weighted by molar-refractivity contribution is 4.77. The van der Waals surface area contributed by atoms with Crippen LogP contribution in [0.3, 0.4) is 0 Å². The van der Waals surface area contributed by atoms with Crippen LogP contribution >= 0.6 is 0 Å². The maximum atomic E-state index is 5.89. The van der Waals surface area contributed by atoms with Crippen molar-refractivity contribution in [2.45, 2.75) is 78.6 Å². The van der Waals surface area contributed by atoms with Crippen LogP contribution in [0.5, 0.6) is 0 Å². The zero-order valence-electron chi connectivity index (χ0n) is 11.1. The van der Waals surface area contributed by atoms with E-state index in [9.17, 15) is 0 Å². The summed E-state index contributed by atoms with van der Waals surface area (Å²) < 4.78 is 0. The molecule has 0 aromatic heterocycles. The highest BCUT2D eigenvalue weighted by atomic mass is 14.6. The van der Waals surface area contributed by atoms with Gasteiger partial charge >= 0.3 is 0 Å². The molecular formula is C14H31N. The van der Waals surface area contributed by atoms with Crippen LogP contribution in [0.15, 0.2) is 0 Å². The second-order valence-electron chi connectivity index (χ2n) is 4.93. The predicted octanol–water partition coefficient (Wildman–Crippen LogP) is 4.50. The van der Waals surface area contributed by atoms with E-state index >= 15 is 0 Å². The Bertz CT molecular complexity index is 119. The highest BCUT2D eigenvalue weighted by Crippen LogP contribution is 2.31. The minimum atomic E-state index is 0.449. The molecule has 1 nitrogen and oxygen atoms in total. The Morgan fingerprint density at radius 3 is 1.80 bits per heavy atom. The molecule has 0 atom stereocenters. The Morgan fingerprint density at radius 2 is 1.33 bits per heavy atom. The summed E-state index contributed by atoms with van der Waals surface area (Å²) in [6, 6.07) is 0. The first-order valence-corrected chi connectivity index (χ1v) is 6.94. The van der Waals surface area contributed by atoms with Crippen LogP contribution in [-0.4, -0.2) is 6.54 Å². The first-order chi connectivity index (χ1) is 7.24. The second kappa shape index (κ2) is 9.21. The van der Waals surface area contributed by atoms with Gasteiger partial charge in [0.15, 0.2) is 0 Å². The van der Waals surface area contributed by atoms with E-state index in [2.05, 4.69) is 20.8 Å². The Kier molecular flexibility index (Phi) is 9.18. The lowest BCUT2D eigenvalue weighted by Crippen LogP contribution is -2.29. The maximum absolute atomic E-state index is 5.89. The lowest BCUT2D eigenvalue weighted by Gasteiger charge is -2.30. The monoisotopic (exact) mass is 213 g/mol. The molecule has 0 spiro atoms. The SMILES string of the molecule is CCCCCCCCC(CC)(CC)CN. The Balaban J connectivity index is 3.54. The van der Waals surface area contributed by atoms with Gasteiger partial charge in [-0.15, -0.1) is 0 Å². The summed E-state index contributed by atoms with van der Waals surface area (Å²) in [5, 5.41) is 0. The van der Waals surface area contributed by atoms with Gasteiger partial charge in [0, 0.05) is 0 Å². The quantitative estimate of drug-likeness (QED) is 0.531. The van der Waals surface area contributed by atoms with Crippen LogP contribution in [0.2, 0.25) is 0 Å². The molecule has 0 rings (SSSR count). The first-order valence-electron chi connectivity index (χ1n) is 6.94. The molecule has 0 heterocycles. The average Bonchev–Trinajstić information content (AvgIpc) is 2.29. The summed E-state index contributed by atoms with van der Waals surface area (Å²) in [5.74, 6) is 0. The van der Waals surface area contributed by atoms with E-state index in [0.717, 1.165) is 6.54 Å². The summed E-state index contributed by atoms with van der Waals surface area (Å²) >= 11 is 0. The smallest absolute Gasteiger partial charge is 0.00207 e. The summed E-state index contributed by atoms with van der Waals surface area (Å²) in [6.45, 7) is 7.71. The molecule has 0 radical (unpaired) electrons. The lowest BCUT2D eigenvalue weighted by molar-refractivity contribution is 0.240. The zero-order valence-corrected chi connectivity index (χ0v) is 11.1. The number of hydrogen-bond donors (Lipinski definition) is 1. The van der Waals surface area contributed by atoms with Gasteiger partial charge in [-0.05, 0) is 31.2 Å². The number of unbranched alkanes of at least 4 members (excludes halogenated alkanes) is 5. The van der Waals surface area contributed by atoms with Crippen LogP contribution in [0, 0.1) is 5.41 Å². The molecule has 0 aliphatic carbocycles. The summed E-state index contributed by atoms with van der Waals surface area (Å²) in [5.41, 5.74) is 6.34. The topological polar surface area (TPSA) is 26.0 Å². The Morgan fingerprint density at radius 1 is 0.800 bits per heavy atom. The molecule has 0 bridgehead atoms. The van der Waals surface area contributed by atoms with Crippen molar-refractivity contribution >= 4 is 0 Å². The van der Waals surface area contributed by atoms with Crippen molar-refractivity contribution < 1.29 is 0 Å².